The highest BCUT2D eigenvalue weighted by Gasteiger charge is 2.26. The number of hydrogen-bond acceptors (Lipinski definition) is 4. The van der Waals surface area contributed by atoms with Crippen LogP contribution < -0.4 is 4.74 Å². The summed E-state index contributed by atoms with van der Waals surface area (Å²) in [6.45, 7) is 2.28. The third-order valence-corrected chi connectivity index (χ3v) is 3.60. The van der Waals surface area contributed by atoms with Gasteiger partial charge in [0.25, 0.3) is 0 Å². The Morgan fingerprint density at radius 1 is 1.57 bits per heavy atom. The number of nitrogens with zero attached hydrogens (tertiary/aromatic N) is 2. The highest BCUT2D eigenvalue weighted by atomic mass is 19.1. The SMILES string of the molecule is COC(=O)c1cnc(C)n1CC1Cc2cc(F)ccc2O1. The van der Waals surface area contributed by atoms with Crippen LogP contribution in [0, 0.1) is 12.7 Å². The van der Waals surface area contributed by atoms with Crippen LogP contribution in [0.25, 0.3) is 0 Å². The molecule has 0 saturated carbocycles. The first-order valence-electron chi connectivity index (χ1n) is 6.64. The third kappa shape index (κ3) is 2.49. The molecule has 3 rings (SSSR count). The van der Waals surface area contributed by atoms with Gasteiger partial charge >= 0.3 is 5.97 Å². The zero-order chi connectivity index (χ0) is 15.0. The van der Waals surface area contributed by atoms with E-state index in [9.17, 15) is 9.18 Å². The highest BCUT2D eigenvalue weighted by Crippen LogP contribution is 2.30. The molecule has 0 bridgehead atoms. The Labute approximate surface area is 121 Å². The normalized spacial score (nSPS) is 16.4. The Morgan fingerprint density at radius 3 is 3.14 bits per heavy atom. The molecule has 1 aromatic carbocycles. The number of carbonyl (C=O) groups excluding carboxylic acids is 1. The van der Waals surface area contributed by atoms with Gasteiger partial charge in [0, 0.05) is 12.0 Å². The van der Waals surface area contributed by atoms with Crippen LogP contribution in [0.15, 0.2) is 24.4 Å². The number of carbonyl (C=O) groups is 1. The second-order valence-electron chi connectivity index (χ2n) is 4.99. The fraction of sp³-hybridized carbons (Fsp3) is 0.333. The molecule has 5 nitrogen and oxygen atoms in total. The van der Waals surface area contributed by atoms with E-state index in [0.717, 1.165) is 5.56 Å². The van der Waals surface area contributed by atoms with Crippen molar-refractivity contribution in [2.24, 2.45) is 0 Å². The predicted octanol–water partition coefficient (Wildman–Crippen LogP) is 2.12. The second kappa shape index (κ2) is 5.20. The third-order valence-electron chi connectivity index (χ3n) is 3.60. The molecule has 1 aliphatic heterocycles. The van der Waals surface area contributed by atoms with Crippen LogP contribution >= 0.6 is 0 Å². The molecule has 21 heavy (non-hydrogen) atoms. The van der Waals surface area contributed by atoms with Crippen LogP contribution in [0.2, 0.25) is 0 Å². The summed E-state index contributed by atoms with van der Waals surface area (Å²) in [6.07, 6.45) is 1.94. The number of hydrogen-bond donors (Lipinski definition) is 0. The van der Waals surface area contributed by atoms with Crippen LogP contribution in [0.5, 0.6) is 5.75 Å². The highest BCUT2D eigenvalue weighted by molar-refractivity contribution is 5.87. The monoisotopic (exact) mass is 290 g/mol. The summed E-state index contributed by atoms with van der Waals surface area (Å²) in [5.74, 6) is 0.698. The molecule has 1 atom stereocenters. The molecule has 0 aliphatic carbocycles. The number of halogens is 1. The second-order valence-corrected chi connectivity index (χ2v) is 4.99. The van der Waals surface area contributed by atoms with Gasteiger partial charge in [0.1, 0.15) is 29.2 Å². The molecular formula is C15H15FN2O3. The number of imidazole rings is 1. The first kappa shape index (κ1) is 13.6. The van der Waals surface area contributed by atoms with Gasteiger partial charge in [-0.05, 0) is 25.1 Å². The summed E-state index contributed by atoms with van der Waals surface area (Å²) in [4.78, 5) is 15.8. The lowest BCUT2D eigenvalue weighted by Crippen LogP contribution is -2.24. The lowest BCUT2D eigenvalue weighted by molar-refractivity contribution is 0.0585. The lowest BCUT2D eigenvalue weighted by atomic mass is 10.1. The molecule has 0 saturated heterocycles. The number of ether oxygens (including phenoxy) is 2. The van der Waals surface area contributed by atoms with Crippen molar-refractivity contribution in [2.45, 2.75) is 26.0 Å². The van der Waals surface area contributed by atoms with Crippen molar-refractivity contribution >= 4 is 5.97 Å². The van der Waals surface area contributed by atoms with Gasteiger partial charge < -0.3 is 14.0 Å². The smallest absolute Gasteiger partial charge is 0.356 e. The maximum Gasteiger partial charge on any atom is 0.356 e. The van der Waals surface area contributed by atoms with E-state index >= 15 is 0 Å². The Balaban J connectivity index is 1.80. The van der Waals surface area contributed by atoms with Gasteiger partial charge in [-0.1, -0.05) is 0 Å². The predicted molar refractivity (Wildman–Crippen MR) is 72.8 cm³/mol. The summed E-state index contributed by atoms with van der Waals surface area (Å²) in [6, 6.07) is 4.49. The lowest BCUT2D eigenvalue weighted by Gasteiger charge is -2.14. The van der Waals surface area contributed by atoms with E-state index in [2.05, 4.69) is 4.98 Å². The number of fused-ring (bicyclic) bond motifs is 1. The van der Waals surface area contributed by atoms with Crippen molar-refractivity contribution < 1.29 is 18.7 Å². The summed E-state index contributed by atoms with van der Waals surface area (Å²) >= 11 is 0. The van der Waals surface area contributed by atoms with E-state index in [0.29, 0.717) is 30.2 Å². The summed E-state index contributed by atoms with van der Waals surface area (Å²) < 4.78 is 25.5. The molecular weight excluding hydrogens is 275 g/mol. The first-order valence-corrected chi connectivity index (χ1v) is 6.64. The molecule has 0 amide bonds. The zero-order valence-electron chi connectivity index (χ0n) is 11.8. The Morgan fingerprint density at radius 2 is 2.38 bits per heavy atom. The zero-order valence-corrected chi connectivity index (χ0v) is 11.8. The van der Waals surface area contributed by atoms with Crippen molar-refractivity contribution in [1.82, 2.24) is 9.55 Å². The fourth-order valence-corrected chi connectivity index (χ4v) is 2.56. The van der Waals surface area contributed by atoms with E-state index in [1.54, 1.807) is 10.6 Å². The number of aryl methyl sites for hydroxylation is 1. The molecule has 2 aromatic rings. The maximum atomic E-state index is 13.2. The van der Waals surface area contributed by atoms with Crippen molar-refractivity contribution in [1.29, 1.82) is 0 Å². The molecule has 1 unspecified atom stereocenters. The minimum atomic E-state index is -0.433. The molecule has 0 spiro atoms. The van der Waals surface area contributed by atoms with Crippen LogP contribution in [0.4, 0.5) is 4.39 Å². The van der Waals surface area contributed by atoms with Gasteiger partial charge in [-0.3, -0.25) is 0 Å². The average molecular weight is 290 g/mol. The molecule has 1 aromatic heterocycles. The van der Waals surface area contributed by atoms with E-state index < -0.39 is 5.97 Å². The number of rotatable bonds is 3. The molecule has 1 aliphatic rings. The van der Waals surface area contributed by atoms with Crippen molar-refractivity contribution in [2.75, 3.05) is 7.11 Å². The van der Waals surface area contributed by atoms with E-state index in [1.165, 1.54) is 25.4 Å². The average Bonchev–Trinajstić information content (AvgIpc) is 3.02. The van der Waals surface area contributed by atoms with Gasteiger partial charge in [-0.2, -0.15) is 0 Å². The quantitative estimate of drug-likeness (QED) is 0.813. The minimum absolute atomic E-state index is 0.155. The van der Waals surface area contributed by atoms with Gasteiger partial charge in [-0.15, -0.1) is 0 Å². The van der Waals surface area contributed by atoms with Crippen LogP contribution in [0.3, 0.4) is 0 Å². The van der Waals surface area contributed by atoms with Crippen molar-refractivity contribution in [3.63, 3.8) is 0 Å². The largest absolute Gasteiger partial charge is 0.488 e. The van der Waals surface area contributed by atoms with Gasteiger partial charge in [0.05, 0.1) is 19.9 Å². The summed E-state index contributed by atoms with van der Waals surface area (Å²) in [5.41, 5.74) is 1.23. The van der Waals surface area contributed by atoms with E-state index in [-0.39, 0.29) is 11.9 Å². The minimum Gasteiger partial charge on any atom is -0.488 e. The van der Waals surface area contributed by atoms with Crippen molar-refractivity contribution in [3.8, 4) is 5.75 Å². The van der Waals surface area contributed by atoms with E-state index in [4.69, 9.17) is 9.47 Å². The van der Waals surface area contributed by atoms with Gasteiger partial charge in [0.2, 0.25) is 0 Å². The molecule has 0 radical (unpaired) electrons. The topological polar surface area (TPSA) is 53.3 Å². The standard InChI is InChI=1S/C15H15FN2O3/c1-9-17-7-13(15(19)20-2)18(9)8-12-6-10-5-11(16)3-4-14(10)21-12/h3-5,7,12H,6,8H2,1-2H3. The van der Waals surface area contributed by atoms with Gasteiger partial charge in [-0.25, -0.2) is 14.2 Å². The summed E-state index contributed by atoms with van der Waals surface area (Å²) in [7, 11) is 1.33. The number of methoxy groups -OCH3 is 1. The van der Waals surface area contributed by atoms with Crippen molar-refractivity contribution in [3.05, 3.63) is 47.3 Å². The van der Waals surface area contributed by atoms with Crippen LogP contribution in [-0.2, 0) is 17.7 Å². The number of benzene rings is 1. The Bertz CT molecular complexity index is 696. The molecule has 2 heterocycles. The van der Waals surface area contributed by atoms with Gasteiger partial charge in [0.15, 0.2) is 0 Å². The first-order chi connectivity index (χ1) is 10.1. The Kier molecular flexibility index (Phi) is 3.37. The number of aromatic nitrogens is 2. The Hall–Kier alpha value is -2.37. The molecule has 0 N–H and O–H groups in total. The summed E-state index contributed by atoms with van der Waals surface area (Å²) in [5, 5.41) is 0. The van der Waals surface area contributed by atoms with Crippen LogP contribution in [-0.4, -0.2) is 28.7 Å². The molecule has 110 valence electrons. The van der Waals surface area contributed by atoms with Crippen LogP contribution in [0.1, 0.15) is 21.9 Å². The maximum absolute atomic E-state index is 13.2. The molecule has 6 heteroatoms. The number of esters is 1. The fourth-order valence-electron chi connectivity index (χ4n) is 2.56. The van der Waals surface area contributed by atoms with E-state index in [1.807, 2.05) is 6.92 Å². The molecule has 0 fully saturated rings.